The lowest BCUT2D eigenvalue weighted by molar-refractivity contribution is 0.0572. The summed E-state index contributed by atoms with van der Waals surface area (Å²) < 4.78 is 0. The van der Waals surface area contributed by atoms with Gasteiger partial charge in [0.2, 0.25) is 0 Å². The fraction of sp³-hybridized carbons (Fsp3) is 0.500. The zero-order chi connectivity index (χ0) is 11.9. The number of likely N-dealkylation sites (tertiary alicyclic amines) is 1. The van der Waals surface area contributed by atoms with Crippen LogP contribution in [0.3, 0.4) is 0 Å². The van der Waals surface area contributed by atoms with E-state index in [1.54, 1.807) is 0 Å². The van der Waals surface area contributed by atoms with Gasteiger partial charge in [0.05, 0.1) is 17.2 Å². The van der Waals surface area contributed by atoms with Gasteiger partial charge in [-0.25, -0.2) is 0 Å². The van der Waals surface area contributed by atoms with E-state index in [1.807, 2.05) is 12.3 Å². The Hall–Kier alpha value is -0.620. The number of aliphatic hydroxyl groups is 2. The fourth-order valence-corrected chi connectivity index (χ4v) is 2.89. The highest BCUT2D eigenvalue weighted by Gasteiger charge is 2.34. The van der Waals surface area contributed by atoms with Crippen LogP contribution in [0.4, 0.5) is 0 Å². The highest BCUT2D eigenvalue weighted by atomic mass is 35.5. The first-order chi connectivity index (χ1) is 7.50. The Kier molecular flexibility index (Phi) is 3.21. The molecule has 2 atom stereocenters. The molecule has 1 aliphatic rings. The first-order valence-electron chi connectivity index (χ1n) is 4.89. The second kappa shape index (κ2) is 4.33. The van der Waals surface area contributed by atoms with Gasteiger partial charge in [-0.2, -0.15) is 0 Å². The first-order valence-corrected chi connectivity index (χ1v) is 6.15. The van der Waals surface area contributed by atoms with Gasteiger partial charge in [0.15, 0.2) is 0 Å². The summed E-state index contributed by atoms with van der Waals surface area (Å²) in [5.41, 5.74) is 0.871. The van der Waals surface area contributed by atoms with Crippen molar-refractivity contribution in [3.8, 4) is 0 Å². The molecule has 88 valence electrons. The zero-order valence-corrected chi connectivity index (χ0v) is 10.3. The van der Waals surface area contributed by atoms with E-state index in [9.17, 15) is 15.0 Å². The number of carbonyl (C=O) groups is 1. The molecule has 0 spiro atoms. The number of halogens is 1. The molecule has 1 aliphatic heterocycles. The second-order valence-corrected chi connectivity index (χ2v) is 5.16. The lowest BCUT2D eigenvalue weighted by atomic mass is 10.3. The first kappa shape index (κ1) is 11.9. The Balaban J connectivity index is 2.18. The number of aliphatic hydroxyl groups excluding tert-OH is 2. The molecule has 2 heterocycles. The van der Waals surface area contributed by atoms with Gasteiger partial charge in [-0.1, -0.05) is 11.6 Å². The Morgan fingerprint density at radius 2 is 2.06 bits per heavy atom. The molecule has 1 aromatic heterocycles. The van der Waals surface area contributed by atoms with Gasteiger partial charge in [0.1, 0.15) is 4.88 Å². The molecule has 1 fully saturated rings. The van der Waals surface area contributed by atoms with Crippen LogP contribution in [0.15, 0.2) is 5.38 Å². The molecule has 6 heteroatoms. The monoisotopic (exact) mass is 261 g/mol. The van der Waals surface area contributed by atoms with E-state index >= 15 is 0 Å². The molecule has 1 saturated heterocycles. The van der Waals surface area contributed by atoms with E-state index in [0.717, 1.165) is 5.56 Å². The van der Waals surface area contributed by atoms with Crippen molar-refractivity contribution in [2.45, 2.75) is 19.1 Å². The van der Waals surface area contributed by atoms with E-state index in [0.29, 0.717) is 9.90 Å². The summed E-state index contributed by atoms with van der Waals surface area (Å²) in [7, 11) is 0. The predicted octanol–water partition coefficient (Wildman–Crippen LogP) is 0.888. The van der Waals surface area contributed by atoms with Crippen LogP contribution in [0.2, 0.25) is 5.02 Å². The average Bonchev–Trinajstić information content (AvgIpc) is 2.73. The van der Waals surface area contributed by atoms with Crippen LogP contribution in [0.5, 0.6) is 0 Å². The third-order valence-corrected chi connectivity index (χ3v) is 4.32. The van der Waals surface area contributed by atoms with Crippen molar-refractivity contribution in [2.75, 3.05) is 13.1 Å². The van der Waals surface area contributed by atoms with Gasteiger partial charge in [-0.15, -0.1) is 11.3 Å². The molecular weight excluding hydrogens is 250 g/mol. The zero-order valence-electron chi connectivity index (χ0n) is 8.68. The van der Waals surface area contributed by atoms with E-state index in [1.165, 1.54) is 16.2 Å². The highest BCUT2D eigenvalue weighted by Crippen LogP contribution is 2.29. The maximum Gasteiger partial charge on any atom is 0.265 e. The number of hydrogen-bond acceptors (Lipinski definition) is 4. The third-order valence-electron chi connectivity index (χ3n) is 2.64. The summed E-state index contributed by atoms with van der Waals surface area (Å²) in [5, 5.41) is 21.0. The number of nitrogens with zero attached hydrogens (tertiary/aromatic N) is 1. The van der Waals surface area contributed by atoms with Crippen molar-refractivity contribution in [3.63, 3.8) is 0 Å². The second-order valence-electron chi connectivity index (χ2n) is 3.91. The van der Waals surface area contributed by atoms with Crippen LogP contribution in [0.1, 0.15) is 15.2 Å². The summed E-state index contributed by atoms with van der Waals surface area (Å²) in [4.78, 5) is 13.9. The molecule has 1 amide bonds. The van der Waals surface area contributed by atoms with Crippen molar-refractivity contribution < 1.29 is 15.0 Å². The Morgan fingerprint density at radius 1 is 1.50 bits per heavy atom. The van der Waals surface area contributed by atoms with Crippen LogP contribution in [-0.4, -0.2) is 46.3 Å². The minimum atomic E-state index is -0.858. The number of rotatable bonds is 1. The number of amides is 1. The quantitative estimate of drug-likeness (QED) is 0.789. The van der Waals surface area contributed by atoms with Crippen LogP contribution >= 0.6 is 22.9 Å². The topological polar surface area (TPSA) is 60.8 Å². The van der Waals surface area contributed by atoms with Crippen molar-refractivity contribution in [2.24, 2.45) is 0 Å². The largest absolute Gasteiger partial charge is 0.388 e. The molecule has 1 aromatic rings. The summed E-state index contributed by atoms with van der Waals surface area (Å²) in [6, 6.07) is 0. The van der Waals surface area contributed by atoms with Gasteiger partial charge < -0.3 is 15.1 Å². The van der Waals surface area contributed by atoms with Crippen molar-refractivity contribution >= 4 is 28.8 Å². The lowest BCUT2D eigenvalue weighted by Crippen LogP contribution is -2.29. The van der Waals surface area contributed by atoms with Crippen molar-refractivity contribution in [1.29, 1.82) is 0 Å². The standard InChI is InChI=1S/C10H12ClNO3S/c1-5-4-16-9(8(5)11)10(15)12-2-6(13)7(14)3-12/h4,6-7,13-14H,2-3H2,1H3/t6-,7+. The smallest absolute Gasteiger partial charge is 0.265 e. The van der Waals surface area contributed by atoms with E-state index in [4.69, 9.17) is 11.6 Å². The number of aryl methyl sites for hydroxylation is 1. The van der Waals surface area contributed by atoms with E-state index in [2.05, 4.69) is 0 Å². The minimum absolute atomic E-state index is 0.160. The molecule has 0 aliphatic carbocycles. The maximum absolute atomic E-state index is 12.0. The number of thiophene rings is 1. The van der Waals surface area contributed by atoms with Crippen LogP contribution < -0.4 is 0 Å². The van der Waals surface area contributed by atoms with Gasteiger partial charge in [0.25, 0.3) is 5.91 Å². The van der Waals surface area contributed by atoms with Gasteiger partial charge in [-0.3, -0.25) is 4.79 Å². The highest BCUT2D eigenvalue weighted by molar-refractivity contribution is 7.13. The molecule has 0 radical (unpaired) electrons. The molecule has 0 unspecified atom stereocenters. The van der Waals surface area contributed by atoms with E-state index < -0.39 is 12.2 Å². The Labute approximate surface area is 102 Å². The van der Waals surface area contributed by atoms with E-state index in [-0.39, 0.29) is 19.0 Å². The molecule has 0 saturated carbocycles. The summed E-state index contributed by atoms with van der Waals surface area (Å²) in [5.74, 6) is -0.223. The molecule has 16 heavy (non-hydrogen) atoms. The van der Waals surface area contributed by atoms with Gasteiger partial charge in [0, 0.05) is 13.1 Å². The number of β-amino-alcohol motifs (C(OH)–C–C–N with tert-alkyl or cyclic N) is 2. The summed E-state index contributed by atoms with van der Waals surface area (Å²) in [6.45, 7) is 2.16. The van der Waals surface area contributed by atoms with Crippen molar-refractivity contribution in [1.82, 2.24) is 4.90 Å². The molecule has 2 rings (SSSR count). The molecule has 4 nitrogen and oxygen atoms in total. The van der Waals surface area contributed by atoms with Gasteiger partial charge in [-0.05, 0) is 17.9 Å². The normalized spacial score (nSPS) is 25.1. The molecular formula is C10H12ClNO3S. The average molecular weight is 262 g/mol. The Bertz CT molecular complexity index is 410. The Morgan fingerprint density at radius 3 is 2.50 bits per heavy atom. The van der Waals surface area contributed by atoms with Gasteiger partial charge >= 0.3 is 0 Å². The maximum atomic E-state index is 12.0. The molecule has 2 N–H and O–H groups in total. The number of carbonyl (C=O) groups excluding carboxylic acids is 1. The SMILES string of the molecule is Cc1csc(C(=O)N2C[C@@H](O)[C@@H](O)C2)c1Cl. The summed E-state index contributed by atoms with van der Waals surface area (Å²) in [6.07, 6.45) is -1.72. The number of hydrogen-bond donors (Lipinski definition) is 2. The minimum Gasteiger partial charge on any atom is -0.388 e. The molecule has 0 bridgehead atoms. The molecule has 0 aromatic carbocycles. The van der Waals surface area contributed by atoms with Crippen LogP contribution in [-0.2, 0) is 0 Å². The fourth-order valence-electron chi connectivity index (χ4n) is 1.65. The van der Waals surface area contributed by atoms with Crippen molar-refractivity contribution in [3.05, 3.63) is 20.8 Å². The lowest BCUT2D eigenvalue weighted by Gasteiger charge is -2.14. The predicted molar refractivity (Wildman–Crippen MR) is 62.0 cm³/mol. The summed E-state index contributed by atoms with van der Waals surface area (Å²) >= 11 is 7.28. The third kappa shape index (κ3) is 1.96. The van der Waals surface area contributed by atoms with Crippen LogP contribution in [0.25, 0.3) is 0 Å². The van der Waals surface area contributed by atoms with Crippen LogP contribution in [0, 0.1) is 6.92 Å².